The van der Waals surface area contributed by atoms with Crippen molar-refractivity contribution in [3.05, 3.63) is 124 Å². The van der Waals surface area contributed by atoms with Crippen molar-refractivity contribution in [1.82, 2.24) is 10.3 Å². The van der Waals surface area contributed by atoms with Crippen molar-refractivity contribution in [2.45, 2.75) is 19.3 Å². The van der Waals surface area contributed by atoms with Gasteiger partial charge < -0.3 is 10.6 Å². The summed E-state index contributed by atoms with van der Waals surface area (Å²) in [5.41, 5.74) is 4.80. The van der Waals surface area contributed by atoms with Crippen LogP contribution in [0, 0.1) is 6.92 Å². The van der Waals surface area contributed by atoms with E-state index in [0.29, 0.717) is 22.9 Å². The zero-order valence-electron chi connectivity index (χ0n) is 18.5. The maximum Gasteiger partial charge on any atom is 0.255 e. The zero-order valence-corrected chi connectivity index (χ0v) is 19.2. The maximum atomic E-state index is 13.0. The van der Waals surface area contributed by atoms with Crippen molar-refractivity contribution in [3.63, 3.8) is 0 Å². The van der Waals surface area contributed by atoms with E-state index in [9.17, 15) is 4.79 Å². The number of hydrogen-bond donors (Lipinski definition) is 2. The van der Waals surface area contributed by atoms with Gasteiger partial charge >= 0.3 is 0 Å². The van der Waals surface area contributed by atoms with Crippen LogP contribution in [-0.4, -0.2) is 17.4 Å². The number of aromatic nitrogens is 1. The molecule has 1 amide bonds. The summed E-state index contributed by atoms with van der Waals surface area (Å²) in [6, 6.07) is 29.9. The van der Waals surface area contributed by atoms with Crippen molar-refractivity contribution < 1.29 is 4.79 Å². The van der Waals surface area contributed by atoms with E-state index in [1.807, 2.05) is 37.3 Å². The molecule has 0 spiro atoms. The van der Waals surface area contributed by atoms with Crippen LogP contribution in [0.2, 0.25) is 5.02 Å². The van der Waals surface area contributed by atoms with Gasteiger partial charge in [0, 0.05) is 29.4 Å². The molecule has 0 saturated carbocycles. The summed E-state index contributed by atoms with van der Waals surface area (Å²) in [6.07, 6.45) is 2.45. The van der Waals surface area contributed by atoms with Gasteiger partial charge in [0.1, 0.15) is 5.82 Å². The molecule has 4 aromatic rings. The average Bonchev–Trinajstić information content (AvgIpc) is 2.85. The highest BCUT2D eigenvalue weighted by molar-refractivity contribution is 6.30. The predicted molar refractivity (Wildman–Crippen MR) is 135 cm³/mol. The molecular formula is C28H26ClN3O. The molecule has 0 radical (unpaired) electrons. The van der Waals surface area contributed by atoms with E-state index in [1.165, 1.54) is 11.1 Å². The summed E-state index contributed by atoms with van der Waals surface area (Å²) >= 11 is 6.14. The highest BCUT2D eigenvalue weighted by Gasteiger charge is 2.16. The Hall–Kier alpha value is -3.63. The first-order chi connectivity index (χ1) is 16.1. The standard InChI is InChI=1S/C28H26ClN3O/c1-20-14-15-23(29)19-26(20)32-27-25(13-8-17-30-27)28(33)31-18-16-24(21-9-4-2-5-10-21)22-11-6-3-7-12-22/h2-15,17,19,24H,16,18H2,1H3,(H,30,32)(H,31,33). The van der Waals surface area contributed by atoms with Crippen LogP contribution < -0.4 is 10.6 Å². The Balaban J connectivity index is 1.47. The minimum Gasteiger partial charge on any atom is -0.352 e. The molecule has 5 heteroatoms. The Morgan fingerprint density at radius 1 is 0.909 bits per heavy atom. The number of halogens is 1. The number of nitrogens with one attached hydrogen (secondary N) is 2. The quantitative estimate of drug-likeness (QED) is 0.309. The average molecular weight is 456 g/mol. The van der Waals surface area contributed by atoms with Crippen LogP contribution in [0.15, 0.2) is 97.2 Å². The Morgan fingerprint density at radius 3 is 2.24 bits per heavy atom. The van der Waals surface area contributed by atoms with Gasteiger partial charge in [-0.2, -0.15) is 0 Å². The first-order valence-corrected chi connectivity index (χ1v) is 11.4. The Morgan fingerprint density at radius 2 is 1.58 bits per heavy atom. The number of aryl methyl sites for hydroxylation is 1. The fourth-order valence-corrected chi connectivity index (χ4v) is 4.04. The van der Waals surface area contributed by atoms with E-state index >= 15 is 0 Å². The van der Waals surface area contributed by atoms with E-state index in [0.717, 1.165) is 17.7 Å². The second-order valence-electron chi connectivity index (χ2n) is 7.90. The highest BCUT2D eigenvalue weighted by atomic mass is 35.5. The van der Waals surface area contributed by atoms with Crippen LogP contribution in [0.1, 0.15) is 39.4 Å². The number of hydrogen-bond acceptors (Lipinski definition) is 3. The molecule has 33 heavy (non-hydrogen) atoms. The number of carbonyl (C=O) groups excluding carboxylic acids is 1. The second kappa shape index (κ2) is 10.8. The molecule has 0 aliphatic rings. The number of carbonyl (C=O) groups is 1. The molecule has 0 bridgehead atoms. The topological polar surface area (TPSA) is 54.0 Å². The molecule has 0 unspecified atom stereocenters. The van der Waals surface area contributed by atoms with Crippen molar-refractivity contribution in [2.24, 2.45) is 0 Å². The van der Waals surface area contributed by atoms with Crippen molar-refractivity contribution in [2.75, 3.05) is 11.9 Å². The van der Waals surface area contributed by atoms with Crippen molar-refractivity contribution in [1.29, 1.82) is 0 Å². The minimum absolute atomic E-state index is 0.162. The smallest absolute Gasteiger partial charge is 0.255 e. The number of benzene rings is 3. The van der Waals surface area contributed by atoms with Gasteiger partial charge in [-0.3, -0.25) is 4.79 Å². The van der Waals surface area contributed by atoms with E-state index in [2.05, 4.69) is 64.1 Å². The van der Waals surface area contributed by atoms with Crippen molar-refractivity contribution in [3.8, 4) is 0 Å². The SMILES string of the molecule is Cc1ccc(Cl)cc1Nc1ncccc1C(=O)NCCC(c1ccccc1)c1ccccc1. The predicted octanol–water partition coefficient (Wildman–Crippen LogP) is 6.74. The van der Waals surface area contributed by atoms with Gasteiger partial charge in [0.15, 0.2) is 0 Å². The molecule has 0 fully saturated rings. The van der Waals surface area contributed by atoms with Crippen LogP contribution >= 0.6 is 11.6 Å². The third kappa shape index (κ3) is 5.79. The molecule has 0 atom stereocenters. The van der Waals surface area contributed by atoms with Gasteiger partial charge in [0.2, 0.25) is 0 Å². The lowest BCUT2D eigenvalue weighted by Gasteiger charge is -2.19. The lowest BCUT2D eigenvalue weighted by Crippen LogP contribution is -2.26. The minimum atomic E-state index is -0.162. The molecule has 0 aliphatic carbocycles. The van der Waals surface area contributed by atoms with E-state index < -0.39 is 0 Å². The summed E-state index contributed by atoms with van der Waals surface area (Å²) in [6.45, 7) is 2.52. The van der Waals surface area contributed by atoms with E-state index in [4.69, 9.17) is 11.6 Å². The molecule has 0 saturated heterocycles. The van der Waals surface area contributed by atoms with Crippen LogP contribution in [0.4, 0.5) is 11.5 Å². The van der Waals surface area contributed by atoms with Gasteiger partial charge in [-0.1, -0.05) is 78.3 Å². The Labute approximate surface area is 199 Å². The fourth-order valence-electron chi connectivity index (χ4n) is 3.87. The number of pyridine rings is 1. The molecule has 4 rings (SSSR count). The largest absolute Gasteiger partial charge is 0.352 e. The van der Waals surface area contributed by atoms with Gasteiger partial charge in [-0.15, -0.1) is 0 Å². The third-order valence-electron chi connectivity index (χ3n) is 5.63. The first-order valence-electron chi connectivity index (χ1n) is 11.0. The number of rotatable bonds is 8. The summed E-state index contributed by atoms with van der Waals surface area (Å²) in [4.78, 5) is 17.4. The summed E-state index contributed by atoms with van der Waals surface area (Å²) in [5.74, 6) is 0.543. The van der Waals surface area contributed by atoms with Crippen LogP contribution in [0.5, 0.6) is 0 Å². The van der Waals surface area contributed by atoms with Crippen LogP contribution in [0.3, 0.4) is 0 Å². The van der Waals surface area contributed by atoms with Crippen molar-refractivity contribution >= 4 is 29.0 Å². The van der Waals surface area contributed by atoms with Gasteiger partial charge in [0.25, 0.3) is 5.91 Å². The molecule has 2 N–H and O–H groups in total. The fraction of sp³-hybridized carbons (Fsp3) is 0.143. The molecule has 4 nitrogen and oxygen atoms in total. The number of nitrogens with zero attached hydrogens (tertiary/aromatic N) is 1. The lowest BCUT2D eigenvalue weighted by molar-refractivity contribution is 0.0953. The van der Waals surface area contributed by atoms with Crippen LogP contribution in [-0.2, 0) is 0 Å². The maximum absolute atomic E-state index is 13.0. The van der Waals surface area contributed by atoms with E-state index in [1.54, 1.807) is 18.3 Å². The molecule has 3 aromatic carbocycles. The summed E-state index contributed by atoms with van der Waals surface area (Å²) in [5, 5.41) is 6.96. The number of anilines is 2. The van der Waals surface area contributed by atoms with Crippen LogP contribution in [0.25, 0.3) is 0 Å². The summed E-state index contributed by atoms with van der Waals surface area (Å²) in [7, 11) is 0. The molecule has 1 aromatic heterocycles. The lowest BCUT2D eigenvalue weighted by atomic mass is 9.88. The van der Waals surface area contributed by atoms with Gasteiger partial charge in [0.05, 0.1) is 5.56 Å². The van der Waals surface area contributed by atoms with E-state index in [-0.39, 0.29) is 11.8 Å². The highest BCUT2D eigenvalue weighted by Crippen LogP contribution is 2.28. The molecule has 166 valence electrons. The molecule has 0 aliphatic heterocycles. The van der Waals surface area contributed by atoms with Gasteiger partial charge in [-0.05, 0) is 54.3 Å². The third-order valence-corrected chi connectivity index (χ3v) is 5.86. The van der Waals surface area contributed by atoms with Gasteiger partial charge in [-0.25, -0.2) is 4.98 Å². The molecule has 1 heterocycles. The second-order valence-corrected chi connectivity index (χ2v) is 8.34. The Bertz CT molecular complexity index is 1170. The number of amides is 1. The Kier molecular flexibility index (Phi) is 7.38. The first kappa shape index (κ1) is 22.6. The zero-order chi connectivity index (χ0) is 23.0. The monoisotopic (exact) mass is 455 g/mol. The normalized spacial score (nSPS) is 10.8. The molecular weight excluding hydrogens is 430 g/mol. The summed E-state index contributed by atoms with van der Waals surface area (Å²) < 4.78 is 0.